The van der Waals surface area contributed by atoms with Crippen molar-refractivity contribution < 1.29 is 13.5 Å². The molecule has 160 valence electrons. The van der Waals surface area contributed by atoms with E-state index in [1.165, 1.54) is 12.4 Å². The van der Waals surface area contributed by atoms with Crippen molar-refractivity contribution in [1.82, 2.24) is 24.6 Å². The fraction of sp³-hybridized carbons (Fsp3) is 0.333. The number of aromatic nitrogens is 5. The van der Waals surface area contributed by atoms with Gasteiger partial charge in [-0.1, -0.05) is 0 Å². The quantitative estimate of drug-likeness (QED) is 0.497. The Morgan fingerprint density at radius 1 is 0.935 bits per heavy atom. The summed E-state index contributed by atoms with van der Waals surface area (Å²) in [5, 5.41) is 5.10. The third-order valence-corrected chi connectivity index (χ3v) is 5.42. The lowest BCUT2D eigenvalue weighted by Crippen LogP contribution is -2.47. The second-order valence-corrected chi connectivity index (χ2v) is 7.54. The monoisotopic (exact) mass is 425 g/mol. The van der Waals surface area contributed by atoms with E-state index in [9.17, 15) is 8.78 Å². The maximum atomic E-state index is 12.7. The van der Waals surface area contributed by atoms with Gasteiger partial charge in [0.2, 0.25) is 0 Å². The number of aryl methyl sites for hydroxylation is 2. The summed E-state index contributed by atoms with van der Waals surface area (Å²) in [7, 11) is 0. The van der Waals surface area contributed by atoms with Gasteiger partial charge in [-0.25, -0.2) is 4.98 Å². The van der Waals surface area contributed by atoms with Crippen LogP contribution in [0.25, 0.3) is 16.7 Å². The number of halogens is 2. The third kappa shape index (κ3) is 3.69. The van der Waals surface area contributed by atoms with Crippen LogP contribution in [0.2, 0.25) is 0 Å². The van der Waals surface area contributed by atoms with Crippen molar-refractivity contribution in [3.05, 3.63) is 48.0 Å². The first-order chi connectivity index (χ1) is 15.0. The van der Waals surface area contributed by atoms with E-state index >= 15 is 0 Å². The fourth-order valence-electron chi connectivity index (χ4n) is 4.07. The Morgan fingerprint density at radius 2 is 1.68 bits per heavy atom. The van der Waals surface area contributed by atoms with Crippen LogP contribution < -0.4 is 14.5 Å². The van der Waals surface area contributed by atoms with Gasteiger partial charge in [-0.05, 0) is 38.1 Å². The zero-order chi connectivity index (χ0) is 21.5. The average molecular weight is 425 g/mol. The Bertz CT molecular complexity index is 1250. The molecule has 0 N–H and O–H groups in total. The molecule has 4 heterocycles. The molecule has 0 amide bonds. The number of hydrogen-bond donors (Lipinski definition) is 0. The van der Waals surface area contributed by atoms with Crippen LogP contribution in [0.4, 0.5) is 20.3 Å². The fourth-order valence-corrected chi connectivity index (χ4v) is 4.07. The van der Waals surface area contributed by atoms with E-state index in [2.05, 4.69) is 34.6 Å². The first-order valence-electron chi connectivity index (χ1n) is 10.0. The van der Waals surface area contributed by atoms with E-state index in [-0.39, 0.29) is 5.75 Å². The third-order valence-electron chi connectivity index (χ3n) is 5.42. The van der Waals surface area contributed by atoms with Crippen LogP contribution in [0.3, 0.4) is 0 Å². The summed E-state index contributed by atoms with van der Waals surface area (Å²) < 4.78 is 31.7. The van der Waals surface area contributed by atoms with Gasteiger partial charge in [-0.15, -0.1) is 0 Å². The Morgan fingerprint density at radius 3 is 2.45 bits per heavy atom. The van der Waals surface area contributed by atoms with Gasteiger partial charge in [0.25, 0.3) is 5.78 Å². The molecule has 0 spiro atoms. The van der Waals surface area contributed by atoms with Crippen molar-refractivity contribution in [2.45, 2.75) is 20.5 Å². The van der Waals surface area contributed by atoms with Gasteiger partial charge in [-0.2, -0.15) is 23.4 Å². The highest BCUT2D eigenvalue weighted by Gasteiger charge is 2.22. The van der Waals surface area contributed by atoms with Crippen LogP contribution in [0.15, 0.2) is 36.7 Å². The molecule has 3 aromatic heterocycles. The van der Waals surface area contributed by atoms with Crippen molar-refractivity contribution >= 4 is 28.2 Å². The van der Waals surface area contributed by atoms with Crippen molar-refractivity contribution in [2.75, 3.05) is 36.0 Å². The highest BCUT2D eigenvalue weighted by Crippen LogP contribution is 2.32. The van der Waals surface area contributed by atoms with E-state index in [1.807, 2.05) is 26.0 Å². The standard InChI is InChI=1S/C21H21F2N7O/c1-13-9-18(16-11-15(31-20(22)23)3-4-17(16)26-13)28-5-7-29(8-6-28)19-10-14(2)27-21-24-12-25-30(19)21/h3-4,9-12,20H,5-8H2,1-2H3. The largest absolute Gasteiger partial charge is 0.435 e. The number of anilines is 2. The Balaban J connectivity index is 1.44. The van der Waals surface area contributed by atoms with Gasteiger partial charge in [0.1, 0.15) is 17.9 Å². The summed E-state index contributed by atoms with van der Waals surface area (Å²) in [6.45, 7) is 4.08. The molecule has 4 aromatic rings. The predicted molar refractivity (Wildman–Crippen MR) is 113 cm³/mol. The molecule has 1 aromatic carbocycles. The molecule has 1 aliphatic rings. The molecule has 8 nitrogen and oxygen atoms in total. The molecule has 0 atom stereocenters. The van der Waals surface area contributed by atoms with E-state index in [4.69, 9.17) is 0 Å². The van der Waals surface area contributed by atoms with Crippen LogP contribution in [0.5, 0.6) is 5.75 Å². The Kier molecular flexibility index (Phi) is 4.76. The zero-order valence-electron chi connectivity index (χ0n) is 17.2. The summed E-state index contributed by atoms with van der Waals surface area (Å²) in [4.78, 5) is 17.7. The van der Waals surface area contributed by atoms with Gasteiger partial charge in [0, 0.05) is 54.7 Å². The summed E-state index contributed by atoms with van der Waals surface area (Å²) in [5.74, 6) is 1.68. The van der Waals surface area contributed by atoms with Gasteiger partial charge in [0.15, 0.2) is 0 Å². The number of hydrogen-bond acceptors (Lipinski definition) is 7. The Hall–Kier alpha value is -3.56. The predicted octanol–water partition coefficient (Wildman–Crippen LogP) is 3.22. The molecule has 1 fully saturated rings. The molecule has 0 saturated carbocycles. The minimum absolute atomic E-state index is 0.133. The second kappa shape index (κ2) is 7.60. The van der Waals surface area contributed by atoms with Crippen LogP contribution in [-0.2, 0) is 0 Å². The summed E-state index contributed by atoms with van der Waals surface area (Å²) in [6, 6.07) is 8.90. The first kappa shape index (κ1) is 19.4. The minimum atomic E-state index is -2.86. The number of fused-ring (bicyclic) bond motifs is 2. The van der Waals surface area contributed by atoms with Crippen LogP contribution in [0, 0.1) is 13.8 Å². The van der Waals surface area contributed by atoms with E-state index in [0.717, 1.165) is 60.0 Å². The van der Waals surface area contributed by atoms with Crippen molar-refractivity contribution in [3.8, 4) is 5.75 Å². The number of alkyl halides is 2. The number of benzene rings is 1. The lowest BCUT2D eigenvalue weighted by Gasteiger charge is -2.37. The molecule has 5 rings (SSSR count). The smallest absolute Gasteiger partial charge is 0.387 e. The number of nitrogens with zero attached hydrogens (tertiary/aromatic N) is 7. The second-order valence-electron chi connectivity index (χ2n) is 7.54. The summed E-state index contributed by atoms with van der Waals surface area (Å²) in [5.41, 5.74) is 3.49. The van der Waals surface area contributed by atoms with Crippen LogP contribution >= 0.6 is 0 Å². The lowest BCUT2D eigenvalue weighted by atomic mass is 10.1. The maximum absolute atomic E-state index is 12.7. The zero-order valence-corrected chi connectivity index (χ0v) is 17.2. The molecule has 31 heavy (non-hydrogen) atoms. The van der Waals surface area contributed by atoms with Crippen molar-refractivity contribution in [2.24, 2.45) is 0 Å². The molecule has 1 saturated heterocycles. The van der Waals surface area contributed by atoms with Crippen molar-refractivity contribution in [3.63, 3.8) is 0 Å². The minimum Gasteiger partial charge on any atom is -0.435 e. The molecule has 0 aliphatic carbocycles. The maximum Gasteiger partial charge on any atom is 0.387 e. The molecule has 1 aliphatic heterocycles. The lowest BCUT2D eigenvalue weighted by molar-refractivity contribution is -0.0497. The van der Waals surface area contributed by atoms with Gasteiger partial charge in [0.05, 0.1) is 5.52 Å². The van der Waals surface area contributed by atoms with Crippen molar-refractivity contribution in [1.29, 1.82) is 0 Å². The number of rotatable bonds is 4. The SMILES string of the molecule is Cc1cc(N2CCN(c3cc(C)nc4ncnn34)CC2)c2cc(OC(F)F)ccc2n1. The number of piperazine rings is 1. The molecule has 0 unspecified atom stereocenters. The topological polar surface area (TPSA) is 71.7 Å². The molecule has 10 heteroatoms. The number of ether oxygens (including phenoxy) is 1. The molecular weight excluding hydrogens is 404 g/mol. The van der Waals surface area contributed by atoms with E-state index < -0.39 is 6.61 Å². The Labute approximate surface area is 177 Å². The normalized spacial score (nSPS) is 14.7. The average Bonchev–Trinajstić information content (AvgIpc) is 3.21. The molecular formula is C21H21F2N7O. The van der Waals surface area contributed by atoms with Gasteiger partial charge in [-0.3, -0.25) is 4.98 Å². The summed E-state index contributed by atoms with van der Waals surface area (Å²) in [6.07, 6.45) is 1.51. The van der Waals surface area contributed by atoms with Crippen LogP contribution in [0.1, 0.15) is 11.4 Å². The number of pyridine rings is 1. The first-order valence-corrected chi connectivity index (χ1v) is 10.0. The molecule has 0 radical (unpaired) electrons. The van der Waals surface area contributed by atoms with E-state index in [1.54, 1.807) is 16.6 Å². The van der Waals surface area contributed by atoms with Gasteiger partial charge >= 0.3 is 6.61 Å². The van der Waals surface area contributed by atoms with E-state index in [0.29, 0.717) is 5.78 Å². The summed E-state index contributed by atoms with van der Waals surface area (Å²) >= 11 is 0. The van der Waals surface area contributed by atoms with Crippen LogP contribution in [-0.4, -0.2) is 57.4 Å². The van der Waals surface area contributed by atoms with Gasteiger partial charge < -0.3 is 14.5 Å². The highest BCUT2D eigenvalue weighted by atomic mass is 19.3. The highest BCUT2D eigenvalue weighted by molar-refractivity contribution is 5.93. The molecule has 0 bridgehead atoms.